The topological polar surface area (TPSA) is 98.6 Å². The van der Waals surface area contributed by atoms with Crippen LogP contribution in [0.15, 0.2) is 36.7 Å². The van der Waals surface area contributed by atoms with E-state index in [1.165, 1.54) is 37.7 Å². The molecular weight excluding hydrogens is 360 g/mol. The summed E-state index contributed by atoms with van der Waals surface area (Å²) in [5, 5.41) is 6.77. The SMILES string of the molecule is CCOC(=O)c1cc(/C(=C\C(=O)OC)c2cn3cc(C4CC4)ccc3n2)[nH]n1. The van der Waals surface area contributed by atoms with E-state index in [1.54, 1.807) is 6.92 Å². The molecule has 3 heterocycles. The van der Waals surface area contributed by atoms with Crippen LogP contribution < -0.4 is 0 Å². The van der Waals surface area contributed by atoms with Crippen LogP contribution in [-0.4, -0.2) is 45.2 Å². The van der Waals surface area contributed by atoms with Gasteiger partial charge >= 0.3 is 11.9 Å². The molecule has 0 atom stereocenters. The quantitative estimate of drug-likeness (QED) is 0.521. The summed E-state index contributed by atoms with van der Waals surface area (Å²) in [5.41, 5.74) is 3.69. The van der Waals surface area contributed by atoms with Crippen molar-refractivity contribution in [3.05, 3.63) is 59.3 Å². The number of ether oxygens (including phenoxy) is 2. The molecule has 8 heteroatoms. The Morgan fingerprint density at radius 2 is 2.11 bits per heavy atom. The predicted octanol–water partition coefficient (Wildman–Crippen LogP) is 2.72. The molecule has 144 valence electrons. The van der Waals surface area contributed by atoms with E-state index in [2.05, 4.69) is 27.4 Å². The number of rotatable bonds is 6. The highest BCUT2D eigenvalue weighted by Gasteiger charge is 2.24. The number of nitrogens with one attached hydrogen (secondary N) is 1. The fraction of sp³-hybridized carbons (Fsp3) is 0.300. The maximum absolute atomic E-state index is 11.9. The minimum atomic E-state index is -0.536. The smallest absolute Gasteiger partial charge is 0.358 e. The monoisotopic (exact) mass is 380 g/mol. The van der Waals surface area contributed by atoms with E-state index in [-0.39, 0.29) is 12.3 Å². The van der Waals surface area contributed by atoms with E-state index >= 15 is 0 Å². The van der Waals surface area contributed by atoms with Gasteiger partial charge in [-0.2, -0.15) is 5.10 Å². The van der Waals surface area contributed by atoms with E-state index in [0.29, 0.717) is 22.9 Å². The maximum Gasteiger partial charge on any atom is 0.358 e. The molecule has 1 saturated carbocycles. The lowest BCUT2D eigenvalue weighted by Gasteiger charge is -2.01. The largest absolute Gasteiger partial charge is 0.466 e. The lowest BCUT2D eigenvalue weighted by Crippen LogP contribution is -2.04. The van der Waals surface area contributed by atoms with Gasteiger partial charge in [0.25, 0.3) is 0 Å². The first-order valence-electron chi connectivity index (χ1n) is 9.10. The molecule has 1 aliphatic carbocycles. The molecular formula is C20H20N4O4. The number of carbonyl (C=O) groups is 2. The van der Waals surface area contributed by atoms with Gasteiger partial charge < -0.3 is 13.9 Å². The summed E-state index contributed by atoms with van der Waals surface area (Å²) in [6.45, 7) is 1.97. The second-order valence-electron chi connectivity index (χ2n) is 6.60. The number of H-pyrrole nitrogens is 1. The van der Waals surface area contributed by atoms with Gasteiger partial charge in [-0.15, -0.1) is 0 Å². The van der Waals surface area contributed by atoms with Crippen molar-refractivity contribution in [2.24, 2.45) is 0 Å². The zero-order chi connectivity index (χ0) is 19.7. The van der Waals surface area contributed by atoms with Crippen LogP contribution in [0.5, 0.6) is 0 Å². The number of hydrogen-bond acceptors (Lipinski definition) is 6. The zero-order valence-electron chi connectivity index (χ0n) is 15.6. The van der Waals surface area contributed by atoms with E-state index in [9.17, 15) is 9.59 Å². The summed E-state index contributed by atoms with van der Waals surface area (Å²) in [5.74, 6) is -0.440. The lowest BCUT2D eigenvalue weighted by molar-refractivity contribution is -0.134. The molecule has 1 aliphatic rings. The van der Waals surface area contributed by atoms with Crippen molar-refractivity contribution in [2.75, 3.05) is 13.7 Å². The standard InChI is InChI=1S/C20H20N4O4/c1-3-28-20(26)16-9-15(22-23-16)14(8-19(25)27-2)17-11-24-10-13(12-4-5-12)6-7-18(24)21-17/h6-12H,3-5H2,1-2H3,(H,22,23)/b14-8+. The van der Waals surface area contributed by atoms with Crippen LogP contribution in [0.1, 0.15) is 53.1 Å². The van der Waals surface area contributed by atoms with Gasteiger partial charge in [0.2, 0.25) is 0 Å². The van der Waals surface area contributed by atoms with E-state index in [4.69, 9.17) is 9.47 Å². The van der Waals surface area contributed by atoms with Gasteiger partial charge in [-0.25, -0.2) is 14.6 Å². The summed E-state index contributed by atoms with van der Waals surface area (Å²) in [4.78, 5) is 28.4. The average molecular weight is 380 g/mol. The molecule has 28 heavy (non-hydrogen) atoms. The van der Waals surface area contributed by atoms with E-state index < -0.39 is 11.9 Å². The van der Waals surface area contributed by atoms with Gasteiger partial charge in [-0.3, -0.25) is 5.10 Å². The number of nitrogens with zero attached hydrogens (tertiary/aromatic N) is 3. The van der Waals surface area contributed by atoms with Crippen LogP contribution in [0.25, 0.3) is 11.2 Å². The van der Waals surface area contributed by atoms with Gasteiger partial charge in [-0.05, 0) is 43.4 Å². The van der Waals surface area contributed by atoms with Crippen LogP contribution in [0, 0.1) is 0 Å². The highest BCUT2D eigenvalue weighted by Crippen LogP contribution is 2.40. The minimum Gasteiger partial charge on any atom is -0.466 e. The molecule has 3 aromatic heterocycles. The zero-order valence-corrected chi connectivity index (χ0v) is 15.6. The van der Waals surface area contributed by atoms with Crippen LogP contribution in [-0.2, 0) is 14.3 Å². The molecule has 3 aromatic rings. The fourth-order valence-corrected chi connectivity index (χ4v) is 3.03. The van der Waals surface area contributed by atoms with Gasteiger partial charge in [0.1, 0.15) is 5.65 Å². The van der Waals surface area contributed by atoms with Crippen molar-refractivity contribution in [1.82, 2.24) is 19.6 Å². The van der Waals surface area contributed by atoms with Crippen LogP contribution in [0.4, 0.5) is 0 Å². The van der Waals surface area contributed by atoms with Crippen molar-refractivity contribution in [3.63, 3.8) is 0 Å². The van der Waals surface area contributed by atoms with E-state index in [0.717, 1.165) is 5.65 Å². The first kappa shape index (κ1) is 18.0. The van der Waals surface area contributed by atoms with Crippen LogP contribution in [0.2, 0.25) is 0 Å². The van der Waals surface area contributed by atoms with Gasteiger partial charge in [0, 0.05) is 24.0 Å². The van der Waals surface area contributed by atoms with Crippen molar-refractivity contribution in [1.29, 1.82) is 0 Å². The summed E-state index contributed by atoms with van der Waals surface area (Å²) < 4.78 is 11.7. The number of imidazole rings is 1. The van der Waals surface area contributed by atoms with Crippen LogP contribution >= 0.6 is 0 Å². The van der Waals surface area contributed by atoms with Crippen LogP contribution in [0.3, 0.4) is 0 Å². The molecule has 1 fully saturated rings. The normalized spacial score (nSPS) is 14.3. The Morgan fingerprint density at radius 3 is 2.82 bits per heavy atom. The number of carbonyl (C=O) groups excluding carboxylic acids is 2. The Kier molecular flexibility index (Phi) is 4.68. The Bertz CT molecular complexity index is 1080. The molecule has 0 aliphatic heterocycles. The maximum atomic E-state index is 11.9. The highest BCUT2D eigenvalue weighted by molar-refractivity contribution is 5.96. The second kappa shape index (κ2) is 7.30. The minimum absolute atomic E-state index is 0.132. The lowest BCUT2D eigenvalue weighted by atomic mass is 10.1. The molecule has 1 N–H and O–H groups in total. The number of esters is 2. The predicted molar refractivity (Wildman–Crippen MR) is 101 cm³/mol. The molecule has 0 aromatic carbocycles. The van der Waals surface area contributed by atoms with Crippen molar-refractivity contribution >= 4 is 23.2 Å². The van der Waals surface area contributed by atoms with Crippen molar-refractivity contribution < 1.29 is 19.1 Å². The molecule has 0 saturated heterocycles. The third kappa shape index (κ3) is 3.53. The number of fused-ring (bicyclic) bond motifs is 1. The summed E-state index contributed by atoms with van der Waals surface area (Å²) in [7, 11) is 1.30. The molecule has 0 unspecified atom stereocenters. The Morgan fingerprint density at radius 1 is 1.29 bits per heavy atom. The third-order valence-electron chi connectivity index (χ3n) is 4.61. The summed E-state index contributed by atoms with van der Waals surface area (Å²) >= 11 is 0. The molecule has 0 amide bonds. The van der Waals surface area contributed by atoms with Gasteiger partial charge in [0.15, 0.2) is 5.69 Å². The number of hydrogen-bond donors (Lipinski definition) is 1. The first-order valence-corrected chi connectivity index (χ1v) is 9.10. The number of aromatic nitrogens is 4. The third-order valence-corrected chi connectivity index (χ3v) is 4.61. The first-order chi connectivity index (χ1) is 13.6. The second-order valence-corrected chi connectivity index (χ2v) is 6.60. The Hall–Kier alpha value is -3.42. The molecule has 8 nitrogen and oxygen atoms in total. The Labute approximate surface area is 161 Å². The molecule has 0 spiro atoms. The van der Waals surface area contributed by atoms with E-state index in [1.807, 2.05) is 16.7 Å². The van der Waals surface area contributed by atoms with Gasteiger partial charge in [-0.1, -0.05) is 6.07 Å². The number of methoxy groups -OCH3 is 1. The fourth-order valence-electron chi connectivity index (χ4n) is 3.03. The summed E-state index contributed by atoms with van der Waals surface area (Å²) in [6, 6.07) is 5.58. The van der Waals surface area contributed by atoms with Gasteiger partial charge in [0.05, 0.1) is 25.1 Å². The average Bonchev–Trinajstić information content (AvgIpc) is 3.27. The number of pyridine rings is 1. The molecule has 0 radical (unpaired) electrons. The molecule has 0 bridgehead atoms. The van der Waals surface area contributed by atoms with Crippen molar-refractivity contribution in [3.8, 4) is 0 Å². The van der Waals surface area contributed by atoms with Crippen molar-refractivity contribution in [2.45, 2.75) is 25.7 Å². The highest BCUT2D eigenvalue weighted by atomic mass is 16.5. The summed E-state index contributed by atoms with van der Waals surface area (Å²) in [6.07, 6.45) is 7.67. The Balaban J connectivity index is 1.74. The molecule has 4 rings (SSSR count). The number of aromatic amines is 1.